The molecule has 2 N–H and O–H groups in total. The fourth-order valence-corrected chi connectivity index (χ4v) is 5.73. The second kappa shape index (κ2) is 10.2. The Labute approximate surface area is 196 Å². The summed E-state index contributed by atoms with van der Waals surface area (Å²) in [6.45, 7) is 6.76. The third-order valence-corrected chi connectivity index (χ3v) is 8.09. The van der Waals surface area contributed by atoms with Gasteiger partial charge in [-0.2, -0.15) is 0 Å². The highest BCUT2D eigenvalue weighted by Crippen LogP contribution is 2.41. The standard InChI is InChI=1S/C23H32F3N3O3S/c1-13(30)27-12-22(31)29-16-5-6-17(29)8-15(7-16)21(28-33(32)23(2,3)4)10-14-9-19(25)20(26)11-18(14)24/h9,11,15-17,21,28H,5-8,10,12H2,1-4H3,(H,27,30)/t15-,16-,17+,21-,33?/m1/s1. The van der Waals surface area contributed by atoms with E-state index in [1.54, 1.807) is 0 Å². The Morgan fingerprint density at radius 3 is 2.24 bits per heavy atom. The summed E-state index contributed by atoms with van der Waals surface area (Å²) in [4.78, 5) is 25.7. The normalized spacial score (nSPS) is 24.5. The molecule has 2 fully saturated rings. The van der Waals surface area contributed by atoms with Gasteiger partial charge < -0.3 is 14.8 Å². The van der Waals surface area contributed by atoms with Crippen molar-refractivity contribution in [2.75, 3.05) is 6.54 Å². The summed E-state index contributed by atoms with van der Waals surface area (Å²) in [7, 11) is 0. The highest BCUT2D eigenvalue weighted by molar-refractivity contribution is 7.90. The summed E-state index contributed by atoms with van der Waals surface area (Å²) in [5, 5.41) is 2.55. The molecule has 1 aromatic carbocycles. The molecular formula is C23H32F3N3O3S. The van der Waals surface area contributed by atoms with E-state index in [2.05, 4.69) is 10.0 Å². The molecule has 2 heterocycles. The van der Waals surface area contributed by atoms with Gasteiger partial charge >= 0.3 is 0 Å². The number of benzene rings is 1. The van der Waals surface area contributed by atoms with Crippen molar-refractivity contribution in [1.82, 2.24) is 14.9 Å². The minimum Gasteiger partial charge on any atom is -0.598 e. The van der Waals surface area contributed by atoms with Gasteiger partial charge in [-0.05, 0) is 70.4 Å². The van der Waals surface area contributed by atoms with Gasteiger partial charge in [0.1, 0.15) is 10.6 Å². The van der Waals surface area contributed by atoms with Crippen LogP contribution in [0.3, 0.4) is 0 Å². The molecule has 10 heteroatoms. The summed E-state index contributed by atoms with van der Waals surface area (Å²) in [6.07, 6.45) is 2.93. The van der Waals surface area contributed by atoms with E-state index >= 15 is 0 Å². The largest absolute Gasteiger partial charge is 0.598 e. The number of nitrogens with one attached hydrogen (secondary N) is 2. The molecule has 2 aliphatic rings. The summed E-state index contributed by atoms with van der Waals surface area (Å²) in [5.41, 5.74) is 0.0221. The maximum Gasteiger partial charge on any atom is 0.242 e. The van der Waals surface area contributed by atoms with E-state index in [0.29, 0.717) is 18.9 Å². The first-order chi connectivity index (χ1) is 15.4. The lowest BCUT2D eigenvalue weighted by Gasteiger charge is -2.42. The third kappa shape index (κ3) is 6.22. The Bertz CT molecular complexity index is 882. The SMILES string of the molecule is CC(=O)NCC(=O)N1[C@@H]2CC[C@H]1C[C@H]([C@@H](Cc1cc(F)c(F)cc1F)N[S+]([O-])C(C)(C)C)C2. The smallest absolute Gasteiger partial charge is 0.242 e. The second-order valence-electron chi connectivity index (χ2n) is 9.99. The average Bonchev–Trinajstić information content (AvgIpc) is 2.98. The van der Waals surface area contributed by atoms with Crippen LogP contribution in [0.25, 0.3) is 0 Å². The van der Waals surface area contributed by atoms with Crippen molar-refractivity contribution >= 4 is 23.2 Å². The van der Waals surface area contributed by atoms with Gasteiger partial charge in [0.05, 0.1) is 12.6 Å². The van der Waals surface area contributed by atoms with Gasteiger partial charge in [-0.1, -0.05) is 0 Å². The van der Waals surface area contributed by atoms with Gasteiger partial charge in [0, 0.05) is 36.4 Å². The number of carbonyl (C=O) groups is 2. The van der Waals surface area contributed by atoms with Gasteiger partial charge in [-0.25, -0.2) is 13.2 Å². The van der Waals surface area contributed by atoms with Crippen LogP contribution < -0.4 is 10.0 Å². The molecular weight excluding hydrogens is 455 g/mol. The summed E-state index contributed by atoms with van der Waals surface area (Å²) in [6, 6.07) is 0.893. The number of halogens is 3. The van der Waals surface area contributed by atoms with E-state index < -0.39 is 39.6 Å². The Morgan fingerprint density at radius 2 is 1.70 bits per heavy atom. The fraction of sp³-hybridized carbons (Fsp3) is 0.652. The Balaban J connectivity index is 1.80. The minimum atomic E-state index is -1.46. The summed E-state index contributed by atoms with van der Waals surface area (Å²) in [5.74, 6) is -3.65. The van der Waals surface area contributed by atoms with Crippen molar-refractivity contribution in [3.63, 3.8) is 0 Å². The number of hydrogen-bond donors (Lipinski definition) is 2. The molecule has 2 bridgehead atoms. The molecule has 184 valence electrons. The van der Waals surface area contributed by atoms with Gasteiger partial charge in [0.15, 0.2) is 11.6 Å². The van der Waals surface area contributed by atoms with Crippen molar-refractivity contribution in [3.05, 3.63) is 35.1 Å². The number of rotatable bonds is 7. The zero-order valence-corrected chi connectivity index (χ0v) is 20.2. The number of nitrogens with zero attached hydrogens (tertiary/aromatic N) is 1. The molecule has 0 spiro atoms. The lowest BCUT2D eigenvalue weighted by atomic mass is 9.82. The van der Waals surface area contributed by atoms with Crippen LogP contribution in [0.1, 0.15) is 58.9 Å². The molecule has 2 amide bonds. The maximum atomic E-state index is 14.4. The van der Waals surface area contributed by atoms with Crippen LogP contribution in [0, 0.1) is 23.4 Å². The van der Waals surface area contributed by atoms with Crippen LogP contribution in [0.4, 0.5) is 13.2 Å². The monoisotopic (exact) mass is 487 g/mol. The van der Waals surface area contributed by atoms with E-state index in [9.17, 15) is 27.3 Å². The molecule has 3 rings (SSSR count). The molecule has 6 nitrogen and oxygen atoms in total. The first-order valence-corrected chi connectivity index (χ1v) is 12.4. The number of amides is 2. The highest BCUT2D eigenvalue weighted by Gasteiger charge is 2.46. The summed E-state index contributed by atoms with van der Waals surface area (Å²) < 4.78 is 57.1. The van der Waals surface area contributed by atoms with Crippen molar-refractivity contribution in [2.24, 2.45) is 5.92 Å². The predicted octanol–water partition coefficient (Wildman–Crippen LogP) is 2.97. The number of piperidine rings is 1. The van der Waals surface area contributed by atoms with Crippen molar-refractivity contribution < 1.29 is 27.3 Å². The van der Waals surface area contributed by atoms with E-state index in [1.807, 2.05) is 25.7 Å². The van der Waals surface area contributed by atoms with Gasteiger partial charge in [-0.3, -0.25) is 9.59 Å². The molecule has 1 unspecified atom stereocenters. The minimum absolute atomic E-state index is 0.0221. The van der Waals surface area contributed by atoms with E-state index in [-0.39, 0.29) is 48.3 Å². The highest BCUT2D eigenvalue weighted by atomic mass is 32.2. The quantitative estimate of drug-likeness (QED) is 0.458. The lowest BCUT2D eigenvalue weighted by molar-refractivity contribution is -0.137. The predicted molar refractivity (Wildman–Crippen MR) is 120 cm³/mol. The zero-order valence-electron chi connectivity index (χ0n) is 19.4. The van der Waals surface area contributed by atoms with E-state index in [1.165, 1.54) is 6.92 Å². The van der Waals surface area contributed by atoms with Gasteiger partial charge in [0.2, 0.25) is 11.8 Å². The number of carbonyl (C=O) groups excluding carboxylic acids is 2. The number of hydrogen-bond acceptors (Lipinski definition) is 4. The van der Waals surface area contributed by atoms with Crippen LogP contribution >= 0.6 is 0 Å². The zero-order chi connectivity index (χ0) is 24.5. The van der Waals surface area contributed by atoms with E-state index in [0.717, 1.165) is 18.9 Å². The van der Waals surface area contributed by atoms with E-state index in [4.69, 9.17) is 0 Å². The second-order valence-corrected chi connectivity index (χ2v) is 12.0. The van der Waals surface area contributed by atoms with Crippen LogP contribution in [0.15, 0.2) is 12.1 Å². The van der Waals surface area contributed by atoms with Crippen LogP contribution in [-0.4, -0.2) is 50.7 Å². The van der Waals surface area contributed by atoms with Crippen LogP contribution in [0.2, 0.25) is 0 Å². The number of fused-ring (bicyclic) bond motifs is 2. The summed E-state index contributed by atoms with van der Waals surface area (Å²) >= 11 is -1.46. The molecule has 0 saturated carbocycles. The van der Waals surface area contributed by atoms with Crippen molar-refractivity contribution in [2.45, 2.75) is 82.7 Å². The third-order valence-electron chi connectivity index (χ3n) is 6.46. The Kier molecular flexibility index (Phi) is 8.01. The van der Waals surface area contributed by atoms with Gasteiger partial charge in [0.25, 0.3) is 0 Å². The molecule has 5 atom stereocenters. The molecule has 33 heavy (non-hydrogen) atoms. The van der Waals surface area contributed by atoms with Gasteiger partial charge in [-0.15, -0.1) is 4.72 Å². The topological polar surface area (TPSA) is 84.5 Å². The molecule has 0 aliphatic carbocycles. The first kappa shape index (κ1) is 25.8. The van der Waals surface area contributed by atoms with Crippen molar-refractivity contribution in [1.29, 1.82) is 0 Å². The van der Waals surface area contributed by atoms with Crippen LogP contribution in [-0.2, 0) is 27.4 Å². The Morgan fingerprint density at radius 1 is 1.12 bits per heavy atom. The molecule has 2 aliphatic heterocycles. The molecule has 0 radical (unpaired) electrons. The maximum absolute atomic E-state index is 14.4. The molecule has 0 aromatic heterocycles. The first-order valence-electron chi connectivity index (χ1n) is 11.2. The fourth-order valence-electron chi connectivity index (χ4n) is 4.82. The molecule has 2 saturated heterocycles. The Hall–Kier alpha value is -1.78. The lowest BCUT2D eigenvalue weighted by Crippen LogP contribution is -2.55. The van der Waals surface area contributed by atoms with Crippen molar-refractivity contribution in [3.8, 4) is 0 Å². The molecule has 1 aromatic rings. The average molecular weight is 488 g/mol. The van der Waals surface area contributed by atoms with Crippen LogP contribution in [0.5, 0.6) is 0 Å².